The van der Waals surface area contributed by atoms with Gasteiger partial charge in [-0.2, -0.15) is 0 Å². The van der Waals surface area contributed by atoms with Gasteiger partial charge >= 0.3 is 0 Å². The fourth-order valence-electron chi connectivity index (χ4n) is 8.42. The number of para-hydroxylation sites is 2. The Balaban J connectivity index is 1.03. The molecule has 4 heterocycles. The number of benzene rings is 8. The number of hydrogen-bond acceptors (Lipinski definition) is 5. The highest BCUT2D eigenvalue weighted by molar-refractivity contribution is 7.26. The maximum absolute atomic E-state index is 6.55. The van der Waals surface area contributed by atoms with Crippen molar-refractivity contribution >= 4 is 75.3 Å². The van der Waals surface area contributed by atoms with E-state index < -0.39 is 0 Å². The Bertz CT molecular complexity index is 3470. The van der Waals surface area contributed by atoms with Crippen molar-refractivity contribution in [2.24, 2.45) is 0 Å². The minimum atomic E-state index is 0.588. The number of nitrogens with zero attached hydrogens (tertiary/aromatic N) is 4. The summed E-state index contributed by atoms with van der Waals surface area (Å²) in [6.45, 7) is 0. The molecule has 57 heavy (non-hydrogen) atoms. The summed E-state index contributed by atoms with van der Waals surface area (Å²) in [6.07, 6.45) is 0. The van der Waals surface area contributed by atoms with Gasteiger partial charge in [0, 0.05) is 64.1 Å². The lowest BCUT2D eigenvalue weighted by Crippen LogP contribution is -2.00. The van der Waals surface area contributed by atoms with Crippen molar-refractivity contribution in [1.29, 1.82) is 0 Å². The van der Waals surface area contributed by atoms with Gasteiger partial charge in [0.2, 0.25) is 0 Å². The highest BCUT2D eigenvalue weighted by atomic mass is 32.1. The van der Waals surface area contributed by atoms with Crippen LogP contribution in [0.2, 0.25) is 0 Å². The largest absolute Gasteiger partial charge is 0.456 e. The van der Waals surface area contributed by atoms with Gasteiger partial charge in [0.25, 0.3) is 0 Å². The van der Waals surface area contributed by atoms with Crippen molar-refractivity contribution in [2.45, 2.75) is 0 Å². The minimum absolute atomic E-state index is 0.588. The zero-order valence-corrected chi connectivity index (χ0v) is 31.2. The molecule has 0 aliphatic heterocycles. The van der Waals surface area contributed by atoms with Crippen LogP contribution in [0.1, 0.15) is 0 Å². The highest BCUT2D eigenvalue weighted by Gasteiger charge is 2.19. The predicted molar refractivity (Wildman–Crippen MR) is 236 cm³/mol. The molecule has 0 amide bonds. The minimum Gasteiger partial charge on any atom is -0.456 e. The number of thiophene rings is 1. The molecule has 0 saturated heterocycles. The molecule has 0 spiro atoms. The molecule has 4 aromatic heterocycles. The molecule has 5 nitrogen and oxygen atoms in total. The second-order valence-corrected chi connectivity index (χ2v) is 15.5. The Morgan fingerprint density at radius 3 is 1.74 bits per heavy atom. The summed E-state index contributed by atoms with van der Waals surface area (Å²) in [4.78, 5) is 15.4. The van der Waals surface area contributed by atoms with Gasteiger partial charge in [0.1, 0.15) is 11.2 Å². The summed E-state index contributed by atoms with van der Waals surface area (Å²) >= 11 is 1.80. The molecule has 12 aromatic rings. The van der Waals surface area contributed by atoms with Crippen LogP contribution in [-0.2, 0) is 0 Å². The van der Waals surface area contributed by atoms with E-state index in [9.17, 15) is 0 Å². The second kappa shape index (κ2) is 12.6. The van der Waals surface area contributed by atoms with E-state index in [0.29, 0.717) is 17.5 Å². The average molecular weight is 747 g/mol. The molecule has 0 aliphatic rings. The van der Waals surface area contributed by atoms with Crippen molar-refractivity contribution in [1.82, 2.24) is 19.5 Å². The van der Waals surface area contributed by atoms with Gasteiger partial charge in [0.15, 0.2) is 17.5 Å². The first kappa shape index (κ1) is 31.9. The molecule has 0 atom stereocenters. The number of aromatic nitrogens is 4. The maximum Gasteiger partial charge on any atom is 0.164 e. The summed E-state index contributed by atoms with van der Waals surface area (Å²) < 4.78 is 11.3. The van der Waals surface area contributed by atoms with Crippen LogP contribution >= 0.6 is 11.3 Å². The Morgan fingerprint density at radius 1 is 0.386 bits per heavy atom. The Kier molecular flexibility index (Phi) is 7.03. The third kappa shape index (κ3) is 5.12. The first-order chi connectivity index (χ1) is 28.2. The van der Waals surface area contributed by atoms with Gasteiger partial charge < -0.3 is 8.98 Å². The third-order valence-electron chi connectivity index (χ3n) is 11.0. The van der Waals surface area contributed by atoms with E-state index in [1.54, 1.807) is 11.3 Å². The smallest absolute Gasteiger partial charge is 0.164 e. The molecule has 0 fully saturated rings. The van der Waals surface area contributed by atoms with Gasteiger partial charge in [-0.25, -0.2) is 15.0 Å². The fourth-order valence-corrected chi connectivity index (χ4v) is 9.59. The summed E-state index contributed by atoms with van der Waals surface area (Å²) in [5.74, 6) is 1.83. The maximum atomic E-state index is 6.55. The number of furan rings is 1. The van der Waals surface area contributed by atoms with E-state index in [4.69, 9.17) is 19.4 Å². The molecular weight excluding hydrogens is 717 g/mol. The van der Waals surface area contributed by atoms with Crippen LogP contribution in [0.25, 0.3) is 115 Å². The van der Waals surface area contributed by atoms with Crippen LogP contribution in [-0.4, -0.2) is 19.5 Å². The molecule has 266 valence electrons. The standard InChI is InChI=1S/C51H30N4OS/c1-3-13-31(14-4-1)40-27-34(29-47-48(40)39-19-9-12-22-46(39)57-47)51-53-49(32-15-5-2-6-16-32)52-50(54-51)33-23-25-38-41-30-35(24-26-44(41)56-45(38)28-33)55-42-20-10-7-17-36(42)37-18-8-11-21-43(37)55/h1-30H. The molecule has 0 unspecified atom stereocenters. The van der Waals surface area contributed by atoms with E-state index in [2.05, 4.69) is 156 Å². The van der Waals surface area contributed by atoms with Crippen LogP contribution in [0, 0.1) is 0 Å². The molecular formula is C51H30N4OS. The SMILES string of the molecule is c1ccc(-c2nc(-c3ccc4c(c3)oc3ccc(-n5c6ccccc6c6ccccc65)cc34)nc(-c3cc(-c4ccccc4)c4c(c3)sc3ccccc34)n2)cc1. The van der Waals surface area contributed by atoms with Gasteiger partial charge in [-0.05, 0) is 71.8 Å². The topological polar surface area (TPSA) is 56.7 Å². The van der Waals surface area contributed by atoms with Gasteiger partial charge in [-0.3, -0.25) is 0 Å². The van der Waals surface area contributed by atoms with Crippen LogP contribution < -0.4 is 0 Å². The van der Waals surface area contributed by atoms with Gasteiger partial charge in [-0.15, -0.1) is 11.3 Å². The summed E-state index contributed by atoms with van der Waals surface area (Å²) in [7, 11) is 0. The van der Waals surface area contributed by atoms with E-state index >= 15 is 0 Å². The lowest BCUT2D eigenvalue weighted by atomic mass is 9.97. The summed E-state index contributed by atoms with van der Waals surface area (Å²) in [5, 5.41) is 7.08. The van der Waals surface area contributed by atoms with E-state index in [1.165, 1.54) is 42.0 Å². The molecule has 12 rings (SSSR count). The predicted octanol–water partition coefficient (Wildman–Crippen LogP) is 13.9. The third-order valence-corrected chi connectivity index (χ3v) is 12.2. The molecule has 6 heteroatoms. The van der Waals surface area contributed by atoms with E-state index in [0.717, 1.165) is 55.4 Å². The van der Waals surface area contributed by atoms with Crippen molar-refractivity contribution in [3.63, 3.8) is 0 Å². The normalized spacial score (nSPS) is 11.9. The molecule has 0 aliphatic carbocycles. The lowest BCUT2D eigenvalue weighted by Gasteiger charge is -2.11. The molecule has 0 saturated carbocycles. The summed E-state index contributed by atoms with van der Waals surface area (Å²) in [6, 6.07) is 63.8. The van der Waals surface area contributed by atoms with Crippen LogP contribution in [0.3, 0.4) is 0 Å². The van der Waals surface area contributed by atoms with Crippen molar-refractivity contribution < 1.29 is 4.42 Å². The van der Waals surface area contributed by atoms with Gasteiger partial charge in [0.05, 0.1) is 11.0 Å². The number of hydrogen-bond donors (Lipinski definition) is 0. The number of rotatable bonds is 5. The van der Waals surface area contributed by atoms with Crippen molar-refractivity contribution in [2.75, 3.05) is 0 Å². The monoisotopic (exact) mass is 746 g/mol. The van der Waals surface area contributed by atoms with Crippen molar-refractivity contribution in [3.05, 3.63) is 182 Å². The zero-order valence-electron chi connectivity index (χ0n) is 30.4. The van der Waals surface area contributed by atoms with E-state index in [-0.39, 0.29) is 0 Å². The van der Waals surface area contributed by atoms with Gasteiger partial charge in [-0.1, -0.05) is 121 Å². The lowest BCUT2D eigenvalue weighted by molar-refractivity contribution is 0.669. The van der Waals surface area contributed by atoms with Crippen LogP contribution in [0.4, 0.5) is 0 Å². The van der Waals surface area contributed by atoms with E-state index in [1.807, 2.05) is 30.3 Å². The zero-order chi connectivity index (χ0) is 37.5. The van der Waals surface area contributed by atoms with Crippen LogP contribution in [0.5, 0.6) is 0 Å². The molecule has 8 aromatic carbocycles. The Morgan fingerprint density at radius 2 is 1.00 bits per heavy atom. The first-order valence-corrected chi connectivity index (χ1v) is 19.8. The fraction of sp³-hybridized carbons (Fsp3) is 0. The Labute approximate surface area is 330 Å². The Hall–Kier alpha value is -7.41. The first-order valence-electron chi connectivity index (χ1n) is 19.0. The summed E-state index contributed by atoms with van der Waals surface area (Å²) in [5.41, 5.74) is 10.1. The van der Waals surface area contributed by atoms with Crippen LogP contribution in [0.15, 0.2) is 186 Å². The molecule has 0 N–H and O–H groups in total. The molecule has 0 bridgehead atoms. The number of fused-ring (bicyclic) bond motifs is 9. The highest BCUT2D eigenvalue weighted by Crippen LogP contribution is 2.43. The average Bonchev–Trinajstić information content (AvgIpc) is 3.95. The molecule has 0 radical (unpaired) electrons. The van der Waals surface area contributed by atoms with Crippen molar-refractivity contribution in [3.8, 4) is 51.0 Å². The quantitative estimate of drug-likeness (QED) is 0.176. The second-order valence-electron chi connectivity index (χ2n) is 14.4.